The number of hydrogen-bond donors (Lipinski definition) is 4. The maximum absolute atomic E-state index is 12.0. The Kier molecular flexibility index (Phi) is 15.0. The molecule has 188 valence electrons. The van der Waals surface area contributed by atoms with Crippen LogP contribution in [0.4, 0.5) is 5.82 Å². The number of hydrazine groups is 1. The van der Waals surface area contributed by atoms with Crippen LogP contribution in [-0.2, 0) is 9.59 Å². The van der Waals surface area contributed by atoms with E-state index in [1.54, 1.807) is 18.3 Å². The summed E-state index contributed by atoms with van der Waals surface area (Å²) in [7, 11) is 1.92. The zero-order valence-corrected chi connectivity index (χ0v) is 21.6. The summed E-state index contributed by atoms with van der Waals surface area (Å²) in [6.45, 7) is 13.5. The molecule has 1 aromatic rings. The Labute approximate surface area is 200 Å². The summed E-state index contributed by atoms with van der Waals surface area (Å²) in [6, 6.07) is 3.72. The van der Waals surface area contributed by atoms with Gasteiger partial charge in [-0.15, -0.1) is 0 Å². The van der Waals surface area contributed by atoms with Crippen LogP contribution in [-0.4, -0.2) is 43.2 Å². The standard InChI is InChI=1S/C15H22N4O2.C8H17NO.C2H6/c1-15(2)7-5-11(6-8-15)18-13-12(4-3-9-16-13)14(21)19-17-10-20;1-8(2,7-10)5-4-6-9-3;1-2/h3-4,9-11H,5-8H2,1-2H3,(H,16,18)(H,17,20)(H,19,21);7,9H,4-6H2,1-3H3;1-2H3. The summed E-state index contributed by atoms with van der Waals surface area (Å²) in [5.41, 5.74) is 5.15. The number of pyridine rings is 1. The van der Waals surface area contributed by atoms with Gasteiger partial charge in [-0.25, -0.2) is 4.98 Å². The fourth-order valence-corrected chi connectivity index (χ4v) is 3.38. The number of nitrogens with zero attached hydrogens (tertiary/aromatic N) is 1. The van der Waals surface area contributed by atoms with Crippen LogP contribution < -0.4 is 21.5 Å². The van der Waals surface area contributed by atoms with E-state index < -0.39 is 0 Å². The number of hydrogen-bond acceptors (Lipinski definition) is 6. The van der Waals surface area contributed by atoms with Gasteiger partial charge in [0.05, 0.1) is 5.56 Å². The fraction of sp³-hybridized carbons (Fsp3) is 0.680. The van der Waals surface area contributed by atoms with Crippen molar-refractivity contribution in [1.82, 2.24) is 21.2 Å². The molecule has 4 N–H and O–H groups in total. The summed E-state index contributed by atoms with van der Waals surface area (Å²) in [4.78, 5) is 36.9. The van der Waals surface area contributed by atoms with E-state index in [1.165, 1.54) is 0 Å². The highest BCUT2D eigenvalue weighted by molar-refractivity contribution is 5.98. The molecule has 8 heteroatoms. The van der Waals surface area contributed by atoms with E-state index in [1.807, 2.05) is 34.7 Å². The Hall–Kier alpha value is -2.48. The lowest BCUT2D eigenvalue weighted by Crippen LogP contribution is -2.37. The number of nitrogens with one attached hydrogen (secondary N) is 4. The second kappa shape index (κ2) is 16.2. The molecule has 0 bridgehead atoms. The molecule has 2 rings (SSSR count). The molecule has 1 aliphatic rings. The first-order chi connectivity index (χ1) is 15.6. The second-order valence-corrected chi connectivity index (χ2v) is 9.51. The van der Waals surface area contributed by atoms with Crippen molar-refractivity contribution in [3.63, 3.8) is 0 Å². The van der Waals surface area contributed by atoms with E-state index in [0.717, 1.165) is 51.4 Å². The minimum atomic E-state index is -0.381. The minimum absolute atomic E-state index is 0.128. The number of aldehydes is 1. The van der Waals surface area contributed by atoms with Gasteiger partial charge >= 0.3 is 0 Å². The lowest BCUT2D eigenvalue weighted by Gasteiger charge is -2.35. The highest BCUT2D eigenvalue weighted by Crippen LogP contribution is 2.36. The molecule has 2 amide bonds. The van der Waals surface area contributed by atoms with Crippen LogP contribution in [0.2, 0.25) is 0 Å². The average Bonchev–Trinajstić information content (AvgIpc) is 2.81. The zero-order valence-electron chi connectivity index (χ0n) is 21.6. The predicted molar refractivity (Wildman–Crippen MR) is 135 cm³/mol. The van der Waals surface area contributed by atoms with Crippen LogP contribution in [0, 0.1) is 10.8 Å². The summed E-state index contributed by atoms with van der Waals surface area (Å²) in [5.74, 6) is 0.182. The van der Waals surface area contributed by atoms with Gasteiger partial charge in [0, 0.05) is 17.7 Å². The van der Waals surface area contributed by atoms with Gasteiger partial charge in [-0.2, -0.15) is 0 Å². The molecule has 0 aromatic carbocycles. The van der Waals surface area contributed by atoms with Gasteiger partial charge in [0.2, 0.25) is 6.41 Å². The highest BCUT2D eigenvalue weighted by Gasteiger charge is 2.27. The van der Waals surface area contributed by atoms with Gasteiger partial charge in [0.1, 0.15) is 12.1 Å². The minimum Gasteiger partial charge on any atom is -0.367 e. The normalized spacial score (nSPS) is 15.0. The monoisotopic (exact) mass is 463 g/mol. The summed E-state index contributed by atoms with van der Waals surface area (Å²) in [5, 5.41) is 6.40. The lowest BCUT2D eigenvalue weighted by atomic mass is 9.75. The Balaban J connectivity index is 0.000000722. The average molecular weight is 464 g/mol. The third kappa shape index (κ3) is 13.0. The Morgan fingerprint density at radius 1 is 1.21 bits per heavy atom. The van der Waals surface area contributed by atoms with Gasteiger partial charge in [0.25, 0.3) is 5.91 Å². The van der Waals surface area contributed by atoms with Gasteiger partial charge in [-0.3, -0.25) is 20.4 Å². The van der Waals surface area contributed by atoms with Crippen LogP contribution in [0.5, 0.6) is 0 Å². The van der Waals surface area contributed by atoms with Crippen molar-refractivity contribution in [1.29, 1.82) is 0 Å². The van der Waals surface area contributed by atoms with E-state index in [-0.39, 0.29) is 11.3 Å². The molecule has 0 spiro atoms. The number of carbonyl (C=O) groups is 3. The Morgan fingerprint density at radius 2 is 1.85 bits per heavy atom. The highest BCUT2D eigenvalue weighted by atomic mass is 16.2. The Morgan fingerprint density at radius 3 is 2.39 bits per heavy atom. The molecule has 1 aromatic heterocycles. The van der Waals surface area contributed by atoms with Crippen LogP contribution in [0.15, 0.2) is 18.3 Å². The first-order valence-electron chi connectivity index (χ1n) is 12.0. The summed E-state index contributed by atoms with van der Waals surface area (Å²) < 4.78 is 0. The van der Waals surface area contributed by atoms with Crippen molar-refractivity contribution in [2.75, 3.05) is 18.9 Å². The van der Waals surface area contributed by atoms with Gasteiger partial charge in [-0.05, 0) is 69.7 Å². The molecule has 0 unspecified atom stereocenters. The van der Waals surface area contributed by atoms with E-state index in [0.29, 0.717) is 29.2 Å². The maximum Gasteiger partial charge on any atom is 0.273 e. The molecule has 0 aliphatic heterocycles. The zero-order chi connectivity index (χ0) is 25.3. The largest absolute Gasteiger partial charge is 0.367 e. The first kappa shape index (κ1) is 30.5. The first-order valence-corrected chi connectivity index (χ1v) is 12.0. The predicted octanol–water partition coefficient (Wildman–Crippen LogP) is 4.09. The third-order valence-electron chi connectivity index (χ3n) is 5.54. The molecule has 0 saturated heterocycles. The van der Waals surface area contributed by atoms with Crippen molar-refractivity contribution in [2.45, 2.75) is 86.1 Å². The van der Waals surface area contributed by atoms with Gasteiger partial charge in [-0.1, -0.05) is 41.5 Å². The topological polar surface area (TPSA) is 112 Å². The van der Waals surface area contributed by atoms with Crippen molar-refractivity contribution >= 4 is 24.4 Å². The van der Waals surface area contributed by atoms with E-state index in [4.69, 9.17) is 0 Å². The number of anilines is 1. The van der Waals surface area contributed by atoms with Crippen molar-refractivity contribution in [2.24, 2.45) is 10.8 Å². The molecule has 1 saturated carbocycles. The summed E-state index contributed by atoms with van der Waals surface area (Å²) in [6.07, 6.45) is 9.59. The number of carbonyl (C=O) groups excluding carboxylic acids is 3. The molecular formula is C25H45N5O3. The molecule has 33 heavy (non-hydrogen) atoms. The number of rotatable bonds is 10. The van der Waals surface area contributed by atoms with E-state index >= 15 is 0 Å². The van der Waals surface area contributed by atoms with Crippen molar-refractivity contribution in [3.8, 4) is 0 Å². The molecule has 1 heterocycles. The molecule has 8 nitrogen and oxygen atoms in total. The quantitative estimate of drug-likeness (QED) is 0.236. The molecule has 1 fully saturated rings. The number of amides is 2. The lowest BCUT2D eigenvalue weighted by molar-refractivity contribution is -0.115. The summed E-state index contributed by atoms with van der Waals surface area (Å²) >= 11 is 0. The molecular weight excluding hydrogens is 418 g/mol. The van der Waals surface area contributed by atoms with Crippen molar-refractivity contribution in [3.05, 3.63) is 23.9 Å². The second-order valence-electron chi connectivity index (χ2n) is 9.51. The SMILES string of the molecule is CC.CC1(C)CCC(Nc2ncccc2C(=O)NNC=O)CC1.CNCCCC(C)(C)C=O. The van der Waals surface area contributed by atoms with Crippen LogP contribution in [0.25, 0.3) is 0 Å². The van der Waals surface area contributed by atoms with Gasteiger partial charge < -0.3 is 15.4 Å². The molecule has 0 atom stereocenters. The van der Waals surface area contributed by atoms with Crippen LogP contribution in [0.1, 0.15) is 90.4 Å². The smallest absolute Gasteiger partial charge is 0.273 e. The number of aromatic nitrogens is 1. The van der Waals surface area contributed by atoms with Crippen LogP contribution >= 0.6 is 0 Å². The van der Waals surface area contributed by atoms with Crippen molar-refractivity contribution < 1.29 is 14.4 Å². The van der Waals surface area contributed by atoms with E-state index in [2.05, 4.69) is 40.3 Å². The molecule has 1 aliphatic carbocycles. The Bertz CT molecular complexity index is 697. The van der Waals surface area contributed by atoms with Gasteiger partial charge in [0.15, 0.2) is 0 Å². The van der Waals surface area contributed by atoms with Crippen LogP contribution in [0.3, 0.4) is 0 Å². The third-order valence-corrected chi connectivity index (χ3v) is 5.54. The fourth-order valence-electron chi connectivity index (χ4n) is 3.38. The maximum atomic E-state index is 12.0. The molecule has 0 radical (unpaired) electrons. The van der Waals surface area contributed by atoms with E-state index in [9.17, 15) is 14.4 Å².